The van der Waals surface area contributed by atoms with Gasteiger partial charge in [-0.3, -0.25) is 9.36 Å². The van der Waals surface area contributed by atoms with Gasteiger partial charge in [0.1, 0.15) is 17.3 Å². The van der Waals surface area contributed by atoms with Crippen molar-refractivity contribution in [2.75, 3.05) is 0 Å². The molecule has 0 radical (unpaired) electrons. The normalized spacial score (nSPS) is 13.2. The number of fused-ring (bicyclic) bond motifs is 1. The first-order valence-corrected chi connectivity index (χ1v) is 9.25. The van der Waals surface area contributed by atoms with Crippen molar-refractivity contribution >= 4 is 11.7 Å². The topological polar surface area (TPSA) is 155 Å². The number of aromatic hydroxyl groups is 2. The first kappa shape index (κ1) is 19.3. The fourth-order valence-corrected chi connectivity index (χ4v) is 3.60. The van der Waals surface area contributed by atoms with Gasteiger partial charge in [0, 0.05) is 18.1 Å². The molecule has 0 aliphatic heterocycles. The summed E-state index contributed by atoms with van der Waals surface area (Å²) in [5.41, 5.74) is 7.85. The van der Waals surface area contributed by atoms with Crippen LogP contribution in [0, 0.1) is 0 Å². The lowest BCUT2D eigenvalue weighted by Crippen LogP contribution is -2.18. The lowest BCUT2D eigenvalue weighted by molar-refractivity contribution is 0.0988. The molecule has 0 bridgehead atoms. The largest absolute Gasteiger partial charge is 0.508 e. The molecule has 30 heavy (non-hydrogen) atoms. The summed E-state index contributed by atoms with van der Waals surface area (Å²) in [4.78, 5) is 12.0. The van der Waals surface area contributed by atoms with Crippen molar-refractivity contribution in [2.24, 2.45) is 5.73 Å². The van der Waals surface area contributed by atoms with Crippen molar-refractivity contribution in [2.45, 2.75) is 26.2 Å². The monoisotopic (exact) mass is 408 g/mol. The summed E-state index contributed by atoms with van der Waals surface area (Å²) in [5.74, 6) is -1.60. The molecule has 1 heterocycles. The van der Waals surface area contributed by atoms with Crippen LogP contribution in [0.2, 0.25) is 0 Å². The van der Waals surface area contributed by atoms with E-state index < -0.39 is 5.91 Å². The number of hydrogen-bond donors (Lipinski definition) is 5. The third-order valence-electron chi connectivity index (χ3n) is 5.13. The quantitative estimate of drug-likeness (QED) is 0.444. The minimum atomic E-state index is -0.834. The van der Waals surface area contributed by atoms with Gasteiger partial charge in [0.15, 0.2) is 11.6 Å². The average molecular weight is 408 g/mol. The van der Waals surface area contributed by atoms with Crippen LogP contribution in [-0.4, -0.2) is 41.1 Å². The van der Waals surface area contributed by atoms with E-state index in [4.69, 9.17) is 5.73 Å². The number of amides is 1. The van der Waals surface area contributed by atoms with Gasteiger partial charge in [0.25, 0.3) is 5.91 Å². The molecule has 4 rings (SSSR count). The zero-order valence-electron chi connectivity index (χ0n) is 16.3. The third-order valence-corrected chi connectivity index (χ3v) is 5.13. The van der Waals surface area contributed by atoms with Gasteiger partial charge in [-0.15, -0.1) is 10.2 Å². The second-order valence-corrected chi connectivity index (χ2v) is 7.44. The summed E-state index contributed by atoms with van der Waals surface area (Å²) in [5, 5.41) is 48.5. The molecule has 6 N–H and O–H groups in total. The van der Waals surface area contributed by atoms with Crippen LogP contribution in [-0.2, 0) is 6.42 Å². The van der Waals surface area contributed by atoms with Gasteiger partial charge in [-0.25, -0.2) is 0 Å². The Hall–Kier alpha value is -4.01. The van der Waals surface area contributed by atoms with E-state index in [-0.39, 0.29) is 52.6 Å². The minimum absolute atomic E-state index is 0.0404. The Balaban J connectivity index is 1.97. The number of aliphatic hydroxyl groups is 2. The molecule has 0 saturated carbocycles. The number of hydrogen-bond acceptors (Lipinski definition) is 7. The number of nitrogens with zero attached hydrogens (tertiary/aromatic N) is 3. The van der Waals surface area contributed by atoms with Gasteiger partial charge >= 0.3 is 0 Å². The molecular weight excluding hydrogens is 388 g/mol. The first-order chi connectivity index (χ1) is 14.2. The smallest absolute Gasteiger partial charge is 0.287 e. The lowest BCUT2D eigenvalue weighted by Gasteiger charge is -2.15. The van der Waals surface area contributed by atoms with Gasteiger partial charge in [-0.2, -0.15) is 0 Å². The van der Waals surface area contributed by atoms with Crippen LogP contribution in [0.1, 0.15) is 47.1 Å². The highest BCUT2D eigenvalue weighted by Gasteiger charge is 2.26. The third kappa shape index (κ3) is 2.91. The number of allylic oxidation sites excluding steroid dienone is 1. The van der Waals surface area contributed by atoms with E-state index in [1.54, 1.807) is 24.3 Å². The van der Waals surface area contributed by atoms with Crippen molar-refractivity contribution in [1.82, 2.24) is 14.8 Å². The van der Waals surface area contributed by atoms with Gasteiger partial charge in [-0.1, -0.05) is 19.9 Å². The Morgan fingerprint density at radius 3 is 2.43 bits per heavy atom. The van der Waals surface area contributed by atoms with Gasteiger partial charge in [0.2, 0.25) is 5.82 Å². The van der Waals surface area contributed by atoms with E-state index >= 15 is 0 Å². The fourth-order valence-electron chi connectivity index (χ4n) is 3.60. The van der Waals surface area contributed by atoms with E-state index in [9.17, 15) is 25.2 Å². The summed E-state index contributed by atoms with van der Waals surface area (Å²) in [6.45, 7) is 3.77. The van der Waals surface area contributed by atoms with Crippen molar-refractivity contribution in [1.29, 1.82) is 0 Å². The molecule has 1 amide bonds. The summed E-state index contributed by atoms with van der Waals surface area (Å²) >= 11 is 0. The maximum atomic E-state index is 12.0. The predicted molar refractivity (Wildman–Crippen MR) is 109 cm³/mol. The van der Waals surface area contributed by atoms with Gasteiger partial charge in [0.05, 0.1) is 11.3 Å². The number of rotatable bonds is 4. The van der Waals surface area contributed by atoms with Gasteiger partial charge in [-0.05, 0) is 35.2 Å². The molecule has 0 spiro atoms. The van der Waals surface area contributed by atoms with E-state index in [1.165, 1.54) is 10.6 Å². The number of aliphatic hydroxyl groups excluding tert-OH is 2. The number of nitrogens with two attached hydrogens (primary N) is 1. The SMILES string of the molecule is CC(C)c1cc(-c2nnc(C(N)=O)n2-c2ccc3c(c2)C(O)=C(O)C3)c(O)cc1O. The van der Waals surface area contributed by atoms with Crippen molar-refractivity contribution in [3.63, 3.8) is 0 Å². The van der Waals surface area contributed by atoms with Crippen molar-refractivity contribution < 1.29 is 25.2 Å². The molecular formula is C21H20N4O5. The van der Waals surface area contributed by atoms with Crippen LogP contribution < -0.4 is 5.73 Å². The maximum absolute atomic E-state index is 12.0. The second kappa shape index (κ2) is 6.80. The van der Waals surface area contributed by atoms with Crippen LogP contribution in [0.5, 0.6) is 11.5 Å². The van der Waals surface area contributed by atoms with Crippen molar-refractivity contribution in [3.8, 4) is 28.6 Å². The lowest BCUT2D eigenvalue weighted by atomic mass is 9.98. The standard InChI is InChI=1S/C21H20N4O5/c1-9(2)12-7-14(16(27)8-15(12)26)20-23-24-21(19(22)30)25(20)11-4-3-10-5-17(28)18(29)13(10)6-11/h3-4,6-9,26-29H,5H2,1-2H3,(H2,22,30). The molecule has 1 aliphatic rings. The first-order valence-electron chi connectivity index (χ1n) is 9.25. The summed E-state index contributed by atoms with van der Waals surface area (Å²) in [6.07, 6.45) is 0.204. The number of phenols is 2. The Labute approximate surface area is 171 Å². The van der Waals surface area contributed by atoms with E-state index in [1.807, 2.05) is 13.8 Å². The number of aromatic nitrogens is 3. The van der Waals surface area contributed by atoms with Crippen LogP contribution in [0.3, 0.4) is 0 Å². The highest BCUT2D eigenvalue weighted by molar-refractivity contribution is 5.91. The molecule has 0 atom stereocenters. The zero-order chi connectivity index (χ0) is 21.7. The highest BCUT2D eigenvalue weighted by atomic mass is 16.3. The number of benzene rings is 2. The second-order valence-electron chi connectivity index (χ2n) is 7.44. The molecule has 0 unspecified atom stereocenters. The summed E-state index contributed by atoms with van der Waals surface area (Å²) < 4.78 is 1.36. The molecule has 1 aliphatic carbocycles. The molecule has 9 nitrogen and oxygen atoms in total. The number of primary amides is 1. The predicted octanol–water partition coefficient (Wildman–Crippen LogP) is 2.91. The Morgan fingerprint density at radius 1 is 1.03 bits per heavy atom. The molecule has 0 saturated heterocycles. The summed E-state index contributed by atoms with van der Waals surface area (Å²) in [7, 11) is 0. The number of carbonyl (C=O) groups excluding carboxylic acids is 1. The van der Waals surface area contributed by atoms with Gasteiger partial charge < -0.3 is 26.2 Å². The highest BCUT2D eigenvalue weighted by Crippen LogP contribution is 2.39. The molecule has 3 aromatic rings. The zero-order valence-corrected chi connectivity index (χ0v) is 16.3. The average Bonchev–Trinajstić information content (AvgIpc) is 3.23. The maximum Gasteiger partial charge on any atom is 0.287 e. The molecule has 154 valence electrons. The van der Waals surface area contributed by atoms with Crippen LogP contribution >= 0.6 is 0 Å². The van der Waals surface area contributed by atoms with Crippen LogP contribution in [0.25, 0.3) is 22.8 Å². The Bertz CT molecular complexity index is 1230. The van der Waals surface area contributed by atoms with Crippen molar-refractivity contribution in [3.05, 3.63) is 58.6 Å². The van der Waals surface area contributed by atoms with Crippen LogP contribution in [0.15, 0.2) is 36.1 Å². The Morgan fingerprint density at radius 2 is 1.77 bits per heavy atom. The van der Waals surface area contributed by atoms with E-state index in [0.29, 0.717) is 16.8 Å². The summed E-state index contributed by atoms with van der Waals surface area (Å²) in [6, 6.07) is 7.74. The van der Waals surface area contributed by atoms with E-state index in [0.717, 1.165) is 5.56 Å². The fraction of sp³-hybridized carbons (Fsp3) is 0.190. The Kier molecular flexibility index (Phi) is 4.38. The molecule has 1 aromatic heterocycles. The molecule has 2 aromatic carbocycles. The minimum Gasteiger partial charge on any atom is -0.508 e. The molecule has 0 fully saturated rings. The number of carbonyl (C=O) groups is 1. The van der Waals surface area contributed by atoms with E-state index in [2.05, 4.69) is 10.2 Å². The van der Waals surface area contributed by atoms with Crippen LogP contribution in [0.4, 0.5) is 0 Å². The molecule has 9 heteroatoms. The number of phenolic OH excluding ortho intramolecular Hbond substituents is 2.